The molecule has 0 saturated carbocycles. The van der Waals surface area contributed by atoms with Gasteiger partial charge in [-0.3, -0.25) is 0 Å². The summed E-state index contributed by atoms with van der Waals surface area (Å²) in [6.45, 7) is 0. The van der Waals surface area contributed by atoms with Crippen LogP contribution >= 0.6 is 11.3 Å². The van der Waals surface area contributed by atoms with Crippen LogP contribution in [0.15, 0.2) is 36.5 Å². The van der Waals surface area contributed by atoms with Crippen molar-refractivity contribution in [2.24, 2.45) is 0 Å². The average Bonchev–Trinajstić information content (AvgIpc) is 2.87. The van der Waals surface area contributed by atoms with E-state index in [-0.39, 0.29) is 5.75 Å². The Kier molecular flexibility index (Phi) is 3.23. The minimum atomic E-state index is 0.243. The average molecular weight is 281 g/mol. The zero-order chi connectivity index (χ0) is 13.9. The minimum absolute atomic E-state index is 0.243. The van der Waals surface area contributed by atoms with Crippen LogP contribution in [0.5, 0.6) is 5.75 Å². The molecule has 5 heteroatoms. The highest BCUT2D eigenvalue weighted by molar-refractivity contribution is 7.19. The quantitative estimate of drug-likeness (QED) is 0.673. The normalized spacial score (nSPS) is 10.1. The molecule has 20 heavy (non-hydrogen) atoms. The SMILES string of the molecule is CNc1ccc(C#Cc2nc3ccc(O)cc3s2)cn1. The van der Waals surface area contributed by atoms with Gasteiger partial charge in [0.25, 0.3) is 0 Å². The summed E-state index contributed by atoms with van der Waals surface area (Å²) in [5, 5.41) is 13.1. The van der Waals surface area contributed by atoms with Crippen LogP contribution in [0.2, 0.25) is 0 Å². The number of rotatable bonds is 1. The van der Waals surface area contributed by atoms with Gasteiger partial charge < -0.3 is 10.4 Å². The number of nitrogens with zero attached hydrogens (tertiary/aromatic N) is 2. The van der Waals surface area contributed by atoms with Crippen LogP contribution in [-0.2, 0) is 0 Å². The second kappa shape index (κ2) is 5.19. The number of thiazole rings is 1. The molecular formula is C15H11N3OS. The Hall–Kier alpha value is -2.58. The summed E-state index contributed by atoms with van der Waals surface area (Å²) in [6, 6.07) is 8.89. The lowest BCUT2D eigenvalue weighted by atomic mass is 10.3. The summed E-state index contributed by atoms with van der Waals surface area (Å²) >= 11 is 1.46. The molecule has 0 spiro atoms. The van der Waals surface area contributed by atoms with Crippen LogP contribution in [0.25, 0.3) is 10.2 Å². The molecule has 0 bridgehead atoms. The Balaban J connectivity index is 1.90. The number of hydrogen-bond acceptors (Lipinski definition) is 5. The summed E-state index contributed by atoms with van der Waals surface area (Å²) in [7, 11) is 1.82. The van der Waals surface area contributed by atoms with Gasteiger partial charge in [0.2, 0.25) is 0 Å². The van der Waals surface area contributed by atoms with Gasteiger partial charge in [-0.2, -0.15) is 0 Å². The van der Waals surface area contributed by atoms with E-state index in [9.17, 15) is 5.11 Å². The second-order valence-corrected chi connectivity index (χ2v) is 5.13. The van der Waals surface area contributed by atoms with Crippen molar-refractivity contribution in [2.75, 3.05) is 12.4 Å². The van der Waals surface area contributed by atoms with E-state index in [2.05, 4.69) is 27.1 Å². The molecule has 0 aliphatic heterocycles. The zero-order valence-electron chi connectivity index (χ0n) is 10.7. The van der Waals surface area contributed by atoms with Crippen molar-refractivity contribution in [3.8, 4) is 17.6 Å². The van der Waals surface area contributed by atoms with E-state index in [0.717, 1.165) is 26.6 Å². The number of phenols is 1. The molecule has 0 atom stereocenters. The number of aromatic hydroxyl groups is 1. The number of fused-ring (bicyclic) bond motifs is 1. The molecule has 0 fully saturated rings. The lowest BCUT2D eigenvalue weighted by Crippen LogP contribution is -1.91. The smallest absolute Gasteiger partial charge is 0.168 e. The first-order valence-corrected chi connectivity index (χ1v) is 6.81. The first-order chi connectivity index (χ1) is 9.74. The molecule has 0 radical (unpaired) electrons. The predicted molar refractivity (Wildman–Crippen MR) is 81.0 cm³/mol. The standard InChI is InChI=1S/C15H11N3OS/c1-16-14-6-2-10(9-17-14)3-7-15-18-12-5-4-11(19)8-13(12)20-15/h2,4-6,8-9,19H,1H3,(H,16,17). The molecule has 2 aromatic heterocycles. The third kappa shape index (κ3) is 2.56. The Morgan fingerprint density at radius 3 is 2.85 bits per heavy atom. The van der Waals surface area contributed by atoms with E-state index in [1.807, 2.05) is 19.2 Å². The Morgan fingerprint density at radius 1 is 1.20 bits per heavy atom. The summed E-state index contributed by atoms with van der Waals surface area (Å²) < 4.78 is 0.929. The predicted octanol–water partition coefficient (Wildman–Crippen LogP) is 2.84. The molecule has 98 valence electrons. The summed E-state index contributed by atoms with van der Waals surface area (Å²) in [5.74, 6) is 7.11. The van der Waals surface area contributed by atoms with E-state index < -0.39 is 0 Å². The number of pyridine rings is 1. The van der Waals surface area contributed by atoms with Crippen LogP contribution in [0.3, 0.4) is 0 Å². The molecular weight excluding hydrogens is 270 g/mol. The van der Waals surface area contributed by atoms with Crippen LogP contribution < -0.4 is 5.32 Å². The molecule has 4 nitrogen and oxygen atoms in total. The molecule has 0 unspecified atom stereocenters. The highest BCUT2D eigenvalue weighted by Crippen LogP contribution is 2.25. The fraction of sp³-hybridized carbons (Fsp3) is 0.0667. The van der Waals surface area contributed by atoms with Crippen molar-refractivity contribution in [2.45, 2.75) is 0 Å². The summed E-state index contributed by atoms with van der Waals surface area (Å²) in [4.78, 5) is 8.60. The fourth-order valence-electron chi connectivity index (χ4n) is 1.71. The van der Waals surface area contributed by atoms with Crippen molar-refractivity contribution in [1.82, 2.24) is 9.97 Å². The molecule has 3 rings (SSSR count). The Morgan fingerprint density at radius 2 is 2.10 bits per heavy atom. The van der Waals surface area contributed by atoms with Gasteiger partial charge in [0.15, 0.2) is 5.01 Å². The minimum Gasteiger partial charge on any atom is -0.508 e. The van der Waals surface area contributed by atoms with Gasteiger partial charge >= 0.3 is 0 Å². The van der Waals surface area contributed by atoms with Crippen molar-refractivity contribution in [1.29, 1.82) is 0 Å². The number of nitrogens with one attached hydrogen (secondary N) is 1. The van der Waals surface area contributed by atoms with Gasteiger partial charge in [-0.05, 0) is 36.3 Å². The number of benzene rings is 1. The molecule has 0 aliphatic carbocycles. The fourth-order valence-corrected chi connectivity index (χ4v) is 2.56. The lowest BCUT2D eigenvalue weighted by Gasteiger charge is -1.96. The molecule has 0 saturated heterocycles. The van der Waals surface area contributed by atoms with E-state index in [0.29, 0.717) is 0 Å². The van der Waals surface area contributed by atoms with Crippen LogP contribution in [0, 0.1) is 11.8 Å². The number of anilines is 1. The zero-order valence-corrected chi connectivity index (χ0v) is 11.5. The van der Waals surface area contributed by atoms with Gasteiger partial charge in [-0.25, -0.2) is 9.97 Å². The van der Waals surface area contributed by atoms with Crippen LogP contribution in [0.4, 0.5) is 5.82 Å². The number of aromatic nitrogens is 2. The highest BCUT2D eigenvalue weighted by Gasteiger charge is 2.02. The highest BCUT2D eigenvalue weighted by atomic mass is 32.1. The maximum absolute atomic E-state index is 9.43. The van der Waals surface area contributed by atoms with Gasteiger partial charge in [0.1, 0.15) is 11.6 Å². The molecule has 1 aromatic carbocycles. The van der Waals surface area contributed by atoms with Gasteiger partial charge in [-0.15, -0.1) is 11.3 Å². The first kappa shape index (κ1) is 12.5. The molecule has 0 aliphatic rings. The van der Waals surface area contributed by atoms with E-state index in [1.54, 1.807) is 24.4 Å². The van der Waals surface area contributed by atoms with Crippen LogP contribution in [0.1, 0.15) is 10.6 Å². The van der Waals surface area contributed by atoms with Crippen LogP contribution in [-0.4, -0.2) is 22.1 Å². The largest absolute Gasteiger partial charge is 0.508 e. The Labute approximate surface area is 120 Å². The second-order valence-electron chi connectivity index (χ2n) is 4.10. The maximum atomic E-state index is 9.43. The maximum Gasteiger partial charge on any atom is 0.168 e. The number of phenolic OH excluding ortho intramolecular Hbond substituents is 1. The van der Waals surface area contributed by atoms with Crippen molar-refractivity contribution >= 4 is 27.4 Å². The summed E-state index contributed by atoms with van der Waals surface area (Å²) in [6.07, 6.45) is 1.72. The topological polar surface area (TPSA) is 58.0 Å². The number of hydrogen-bond donors (Lipinski definition) is 2. The van der Waals surface area contributed by atoms with Crippen molar-refractivity contribution < 1.29 is 5.11 Å². The monoisotopic (exact) mass is 281 g/mol. The molecule has 0 amide bonds. The van der Waals surface area contributed by atoms with E-state index in [4.69, 9.17) is 0 Å². The lowest BCUT2D eigenvalue weighted by molar-refractivity contribution is 0.476. The third-order valence-electron chi connectivity index (χ3n) is 2.71. The van der Waals surface area contributed by atoms with Gasteiger partial charge in [-0.1, -0.05) is 5.92 Å². The molecule has 2 N–H and O–H groups in total. The van der Waals surface area contributed by atoms with Gasteiger partial charge in [0.05, 0.1) is 10.2 Å². The Bertz CT molecular complexity index is 812. The van der Waals surface area contributed by atoms with E-state index >= 15 is 0 Å². The first-order valence-electron chi connectivity index (χ1n) is 6.00. The van der Waals surface area contributed by atoms with Crippen molar-refractivity contribution in [3.05, 3.63) is 47.1 Å². The van der Waals surface area contributed by atoms with E-state index in [1.165, 1.54) is 11.3 Å². The summed E-state index contributed by atoms with van der Waals surface area (Å²) in [5.41, 5.74) is 1.69. The van der Waals surface area contributed by atoms with Crippen molar-refractivity contribution in [3.63, 3.8) is 0 Å². The van der Waals surface area contributed by atoms with Gasteiger partial charge in [0, 0.05) is 18.8 Å². The third-order valence-corrected chi connectivity index (χ3v) is 3.64. The molecule has 3 aromatic rings. The molecule has 2 heterocycles.